The van der Waals surface area contributed by atoms with E-state index in [0.717, 1.165) is 24.6 Å². The maximum atomic E-state index is 13.3. The summed E-state index contributed by atoms with van der Waals surface area (Å²) in [6.45, 7) is 5.15. The molecular formula is C18H22ClFN4. The minimum atomic E-state index is -0.430. The maximum Gasteiger partial charge on any atom is 0.227 e. The van der Waals surface area contributed by atoms with Crippen LogP contribution in [-0.2, 0) is 0 Å². The molecule has 2 heterocycles. The molecule has 2 aromatic rings. The number of benzene rings is 1. The second kappa shape index (κ2) is 7.34. The van der Waals surface area contributed by atoms with E-state index in [9.17, 15) is 4.39 Å². The second-order valence-electron chi connectivity index (χ2n) is 6.20. The molecule has 0 amide bonds. The number of piperidine rings is 1. The van der Waals surface area contributed by atoms with Gasteiger partial charge in [0.05, 0.1) is 5.02 Å². The van der Waals surface area contributed by atoms with Crippen molar-refractivity contribution in [2.45, 2.75) is 45.6 Å². The summed E-state index contributed by atoms with van der Waals surface area (Å²) in [7, 11) is 0. The van der Waals surface area contributed by atoms with Crippen LogP contribution in [0.2, 0.25) is 5.02 Å². The van der Waals surface area contributed by atoms with E-state index in [4.69, 9.17) is 11.6 Å². The zero-order chi connectivity index (χ0) is 17.1. The molecular weight excluding hydrogens is 327 g/mol. The average Bonchev–Trinajstić information content (AvgIpc) is 2.57. The molecule has 6 heteroatoms. The molecule has 1 aliphatic rings. The Morgan fingerprint density at radius 3 is 2.88 bits per heavy atom. The van der Waals surface area contributed by atoms with Gasteiger partial charge in [0.1, 0.15) is 11.6 Å². The smallest absolute Gasteiger partial charge is 0.227 e. The predicted octanol–water partition coefficient (Wildman–Crippen LogP) is 5.09. The number of aryl methyl sites for hydroxylation is 1. The van der Waals surface area contributed by atoms with Gasteiger partial charge in [-0.1, -0.05) is 18.5 Å². The van der Waals surface area contributed by atoms with Crippen LogP contribution in [0.1, 0.15) is 38.3 Å². The van der Waals surface area contributed by atoms with Gasteiger partial charge in [-0.15, -0.1) is 0 Å². The van der Waals surface area contributed by atoms with Crippen LogP contribution >= 0.6 is 11.6 Å². The van der Waals surface area contributed by atoms with E-state index in [1.165, 1.54) is 25.3 Å². The van der Waals surface area contributed by atoms with Crippen LogP contribution in [-0.4, -0.2) is 22.6 Å². The largest absolute Gasteiger partial charge is 0.340 e. The Morgan fingerprint density at radius 1 is 1.29 bits per heavy atom. The minimum Gasteiger partial charge on any atom is -0.340 e. The van der Waals surface area contributed by atoms with Crippen LogP contribution in [0, 0.1) is 12.7 Å². The lowest BCUT2D eigenvalue weighted by Gasteiger charge is -2.35. The number of nitrogens with zero attached hydrogens (tertiary/aromatic N) is 3. The summed E-state index contributed by atoms with van der Waals surface area (Å²) in [5, 5.41) is 3.29. The summed E-state index contributed by atoms with van der Waals surface area (Å²) in [6, 6.07) is 6.93. The monoisotopic (exact) mass is 348 g/mol. The third kappa shape index (κ3) is 3.78. The number of hydrogen-bond acceptors (Lipinski definition) is 4. The van der Waals surface area contributed by atoms with E-state index >= 15 is 0 Å². The molecule has 0 aliphatic carbocycles. The molecule has 0 bridgehead atoms. The number of nitrogens with one attached hydrogen (secondary N) is 1. The van der Waals surface area contributed by atoms with Gasteiger partial charge in [-0.3, -0.25) is 0 Å². The summed E-state index contributed by atoms with van der Waals surface area (Å²) in [5.41, 5.74) is 1.60. The van der Waals surface area contributed by atoms with Crippen LogP contribution < -0.4 is 10.2 Å². The number of aromatic nitrogens is 2. The summed E-state index contributed by atoms with van der Waals surface area (Å²) in [6.07, 6.45) is 4.71. The standard InChI is InChI=1S/C18H22ClFN4/c1-3-14-6-4-5-9-24(14)18-21-12(2)10-17(23-18)22-13-7-8-16(20)15(19)11-13/h7-8,10-11,14H,3-6,9H2,1-2H3,(H,21,22,23). The van der Waals surface area contributed by atoms with Crippen molar-refractivity contribution in [1.29, 1.82) is 0 Å². The molecule has 1 aromatic carbocycles. The van der Waals surface area contributed by atoms with Crippen LogP contribution in [0.15, 0.2) is 24.3 Å². The quantitative estimate of drug-likeness (QED) is 0.835. The molecule has 1 atom stereocenters. The van der Waals surface area contributed by atoms with Crippen molar-refractivity contribution < 1.29 is 4.39 Å². The Kier molecular flexibility index (Phi) is 5.19. The fourth-order valence-corrected chi connectivity index (χ4v) is 3.34. The van der Waals surface area contributed by atoms with Crippen LogP contribution in [0.4, 0.5) is 21.8 Å². The summed E-state index contributed by atoms with van der Waals surface area (Å²) in [4.78, 5) is 11.6. The van der Waals surface area contributed by atoms with E-state index in [2.05, 4.69) is 27.1 Å². The maximum absolute atomic E-state index is 13.3. The zero-order valence-electron chi connectivity index (χ0n) is 14.0. The third-order valence-corrected chi connectivity index (χ3v) is 4.68. The van der Waals surface area contributed by atoms with Crippen LogP contribution in [0.25, 0.3) is 0 Å². The fraction of sp³-hybridized carbons (Fsp3) is 0.444. The minimum absolute atomic E-state index is 0.0908. The lowest BCUT2D eigenvalue weighted by Crippen LogP contribution is -2.40. The molecule has 1 N–H and O–H groups in total. The Balaban J connectivity index is 1.86. The summed E-state index contributed by atoms with van der Waals surface area (Å²) < 4.78 is 13.3. The van der Waals surface area contributed by atoms with E-state index < -0.39 is 5.82 Å². The molecule has 128 valence electrons. The molecule has 0 saturated carbocycles. The lowest BCUT2D eigenvalue weighted by molar-refractivity contribution is 0.443. The van der Waals surface area contributed by atoms with Gasteiger partial charge in [0.15, 0.2) is 0 Å². The Hall–Kier alpha value is -1.88. The van der Waals surface area contributed by atoms with Gasteiger partial charge >= 0.3 is 0 Å². The second-order valence-corrected chi connectivity index (χ2v) is 6.61. The van der Waals surface area contributed by atoms with Gasteiger partial charge in [-0.05, 0) is 50.8 Å². The van der Waals surface area contributed by atoms with Crippen molar-refractivity contribution in [3.63, 3.8) is 0 Å². The van der Waals surface area contributed by atoms with Gasteiger partial charge in [0.2, 0.25) is 5.95 Å². The van der Waals surface area contributed by atoms with E-state index in [1.807, 2.05) is 13.0 Å². The molecule has 3 rings (SSSR count). The van der Waals surface area contributed by atoms with E-state index in [0.29, 0.717) is 17.5 Å². The first-order chi connectivity index (χ1) is 11.6. The topological polar surface area (TPSA) is 41.1 Å². The molecule has 4 nitrogen and oxygen atoms in total. The average molecular weight is 349 g/mol. The van der Waals surface area contributed by atoms with Crippen LogP contribution in [0.3, 0.4) is 0 Å². The fourth-order valence-electron chi connectivity index (χ4n) is 3.16. The van der Waals surface area contributed by atoms with Gasteiger partial charge < -0.3 is 10.2 Å². The number of rotatable bonds is 4. The van der Waals surface area contributed by atoms with Crippen molar-refractivity contribution in [1.82, 2.24) is 9.97 Å². The Morgan fingerprint density at radius 2 is 2.12 bits per heavy atom. The predicted molar refractivity (Wildman–Crippen MR) is 96.7 cm³/mol. The van der Waals surface area contributed by atoms with Gasteiger partial charge in [0.25, 0.3) is 0 Å². The van der Waals surface area contributed by atoms with E-state index in [1.54, 1.807) is 12.1 Å². The molecule has 1 fully saturated rings. The summed E-state index contributed by atoms with van der Waals surface area (Å²) >= 11 is 5.85. The summed E-state index contributed by atoms with van der Waals surface area (Å²) in [5.74, 6) is 1.03. The van der Waals surface area contributed by atoms with Crippen LogP contribution in [0.5, 0.6) is 0 Å². The SMILES string of the molecule is CCC1CCCCN1c1nc(C)cc(Nc2ccc(F)c(Cl)c2)n1. The molecule has 0 radical (unpaired) electrons. The molecule has 1 unspecified atom stereocenters. The Labute approximate surface area is 147 Å². The number of hydrogen-bond donors (Lipinski definition) is 1. The first-order valence-corrected chi connectivity index (χ1v) is 8.79. The van der Waals surface area contributed by atoms with Gasteiger partial charge in [-0.25, -0.2) is 9.37 Å². The van der Waals surface area contributed by atoms with Gasteiger partial charge in [-0.2, -0.15) is 4.98 Å². The lowest BCUT2D eigenvalue weighted by atomic mass is 10.0. The molecule has 1 saturated heterocycles. The van der Waals surface area contributed by atoms with Crippen molar-refractivity contribution in [3.05, 3.63) is 40.8 Å². The van der Waals surface area contributed by atoms with Gasteiger partial charge in [0, 0.05) is 30.0 Å². The molecule has 1 aromatic heterocycles. The highest BCUT2D eigenvalue weighted by Crippen LogP contribution is 2.27. The van der Waals surface area contributed by atoms with Crippen molar-refractivity contribution in [3.8, 4) is 0 Å². The molecule has 1 aliphatic heterocycles. The molecule has 24 heavy (non-hydrogen) atoms. The first-order valence-electron chi connectivity index (χ1n) is 8.41. The highest BCUT2D eigenvalue weighted by molar-refractivity contribution is 6.31. The Bertz CT molecular complexity index is 722. The van der Waals surface area contributed by atoms with Crippen molar-refractivity contribution >= 4 is 29.1 Å². The van der Waals surface area contributed by atoms with E-state index in [-0.39, 0.29) is 5.02 Å². The number of anilines is 3. The highest BCUT2D eigenvalue weighted by atomic mass is 35.5. The van der Waals surface area contributed by atoms with Crippen molar-refractivity contribution in [2.75, 3.05) is 16.8 Å². The number of halogens is 2. The molecule has 0 spiro atoms. The van der Waals surface area contributed by atoms with Crippen molar-refractivity contribution in [2.24, 2.45) is 0 Å². The third-order valence-electron chi connectivity index (χ3n) is 4.39. The highest BCUT2D eigenvalue weighted by Gasteiger charge is 2.23. The first kappa shape index (κ1) is 17.0. The zero-order valence-corrected chi connectivity index (χ0v) is 14.8. The normalized spacial score (nSPS) is 17.8.